The van der Waals surface area contributed by atoms with Crippen LogP contribution in [0.25, 0.3) is 17.0 Å². The number of carbonyl (C=O) groups excluding carboxylic acids is 2. The highest BCUT2D eigenvalue weighted by Crippen LogP contribution is 2.36. The molecule has 0 saturated carbocycles. The summed E-state index contributed by atoms with van der Waals surface area (Å²) in [6.07, 6.45) is 8.28. The number of hydrogen-bond donors (Lipinski definition) is 3. The van der Waals surface area contributed by atoms with Crippen molar-refractivity contribution in [3.05, 3.63) is 77.0 Å². The van der Waals surface area contributed by atoms with Crippen molar-refractivity contribution in [3.63, 3.8) is 0 Å². The van der Waals surface area contributed by atoms with E-state index in [2.05, 4.69) is 63.4 Å². The minimum atomic E-state index is -0.532. The largest absolute Gasteiger partial charge is 0.361 e. The van der Waals surface area contributed by atoms with Gasteiger partial charge in [-0.3, -0.25) is 24.6 Å². The first-order valence-electron chi connectivity index (χ1n) is 13.5. The molecule has 1 aromatic heterocycles. The zero-order valence-electron chi connectivity index (χ0n) is 22.0. The maximum atomic E-state index is 11.7. The number of nitrogens with zero attached hydrogens (tertiary/aromatic N) is 3. The van der Waals surface area contributed by atoms with E-state index in [4.69, 9.17) is 5.21 Å². The number of hydroxylamine groups is 1. The number of aryl methyl sites for hydroxylation is 1. The van der Waals surface area contributed by atoms with Crippen LogP contribution in [0.4, 0.5) is 0 Å². The molecule has 3 N–H and O–H groups in total. The number of H-pyrrole nitrogens is 1. The molecule has 0 spiro atoms. The molecule has 38 heavy (non-hydrogen) atoms. The first-order valence-corrected chi connectivity index (χ1v) is 13.5. The third-order valence-electron chi connectivity index (χ3n) is 8.06. The van der Waals surface area contributed by atoms with Gasteiger partial charge in [0, 0.05) is 82.0 Å². The lowest BCUT2D eigenvalue weighted by molar-refractivity contribution is -0.130. The van der Waals surface area contributed by atoms with Gasteiger partial charge < -0.3 is 9.88 Å². The van der Waals surface area contributed by atoms with Gasteiger partial charge in [0.05, 0.1) is 0 Å². The van der Waals surface area contributed by atoms with Crippen LogP contribution in [0.2, 0.25) is 0 Å². The van der Waals surface area contributed by atoms with Crippen molar-refractivity contribution in [3.8, 4) is 0 Å². The van der Waals surface area contributed by atoms with E-state index in [1.807, 2.05) is 4.90 Å². The molecule has 1 fully saturated rings. The molecular weight excluding hydrogens is 478 g/mol. The lowest BCUT2D eigenvalue weighted by atomic mass is 10.0. The van der Waals surface area contributed by atoms with E-state index in [9.17, 15) is 9.59 Å². The molecule has 8 heteroatoms. The van der Waals surface area contributed by atoms with Gasteiger partial charge in [-0.1, -0.05) is 36.4 Å². The number of benzene rings is 2. The molecule has 8 nitrogen and oxygen atoms in total. The van der Waals surface area contributed by atoms with Crippen molar-refractivity contribution in [2.75, 3.05) is 45.8 Å². The third-order valence-corrected chi connectivity index (χ3v) is 8.06. The molecule has 1 atom stereocenters. The van der Waals surface area contributed by atoms with Crippen LogP contribution in [0.3, 0.4) is 0 Å². The topological polar surface area (TPSA) is 91.9 Å². The van der Waals surface area contributed by atoms with Gasteiger partial charge in [-0.05, 0) is 53.7 Å². The van der Waals surface area contributed by atoms with Gasteiger partial charge in [0.2, 0.25) is 5.91 Å². The lowest BCUT2D eigenvalue weighted by Crippen LogP contribution is -2.50. The van der Waals surface area contributed by atoms with E-state index in [1.165, 1.54) is 33.7 Å². The second-order valence-corrected chi connectivity index (χ2v) is 10.3. The molecule has 5 rings (SSSR count). The molecule has 0 radical (unpaired) electrons. The molecule has 1 saturated heterocycles. The maximum absolute atomic E-state index is 11.7. The molecule has 200 valence electrons. The van der Waals surface area contributed by atoms with Gasteiger partial charge in [-0.2, -0.15) is 0 Å². The Kier molecular flexibility index (Phi) is 8.22. The fraction of sp³-hybridized carbons (Fsp3) is 0.400. The van der Waals surface area contributed by atoms with Crippen molar-refractivity contribution < 1.29 is 14.8 Å². The van der Waals surface area contributed by atoms with E-state index in [0.29, 0.717) is 6.04 Å². The smallest absolute Gasteiger partial charge is 0.267 e. The second-order valence-electron chi connectivity index (χ2n) is 10.3. The summed E-state index contributed by atoms with van der Waals surface area (Å²) in [6.45, 7) is 8.05. The molecule has 1 unspecified atom stereocenters. The van der Waals surface area contributed by atoms with Crippen LogP contribution >= 0.6 is 0 Å². The van der Waals surface area contributed by atoms with Gasteiger partial charge in [0.1, 0.15) is 0 Å². The van der Waals surface area contributed by atoms with Crippen LogP contribution in [0, 0.1) is 0 Å². The molecule has 2 aliphatic rings. The van der Waals surface area contributed by atoms with E-state index in [-0.39, 0.29) is 5.91 Å². The van der Waals surface area contributed by atoms with Crippen LogP contribution in [-0.4, -0.2) is 82.5 Å². The maximum Gasteiger partial charge on any atom is 0.267 e. The summed E-state index contributed by atoms with van der Waals surface area (Å²) >= 11 is 0. The Morgan fingerprint density at radius 2 is 1.95 bits per heavy atom. The normalized spacial score (nSPS) is 18.0. The Labute approximate surface area is 223 Å². The molecule has 0 bridgehead atoms. The summed E-state index contributed by atoms with van der Waals surface area (Å²) in [6, 6.07) is 15.3. The first kappa shape index (κ1) is 26.2. The molecule has 2 heterocycles. The first-order chi connectivity index (χ1) is 18.5. The average molecular weight is 516 g/mol. The van der Waals surface area contributed by atoms with E-state index in [0.717, 1.165) is 70.6 Å². The number of hydrogen-bond acceptors (Lipinski definition) is 5. The van der Waals surface area contributed by atoms with Crippen LogP contribution in [0.5, 0.6) is 0 Å². The van der Waals surface area contributed by atoms with Crippen molar-refractivity contribution in [2.45, 2.75) is 32.2 Å². The van der Waals surface area contributed by atoms with Crippen molar-refractivity contribution >= 4 is 28.8 Å². The van der Waals surface area contributed by atoms with Crippen molar-refractivity contribution in [1.29, 1.82) is 0 Å². The van der Waals surface area contributed by atoms with E-state index in [1.54, 1.807) is 18.5 Å². The van der Waals surface area contributed by atoms with Crippen LogP contribution in [0.1, 0.15) is 41.6 Å². The Morgan fingerprint density at radius 1 is 1.13 bits per heavy atom. The number of aromatic amines is 1. The summed E-state index contributed by atoms with van der Waals surface area (Å²) in [7, 11) is 0. The highest BCUT2D eigenvalue weighted by Gasteiger charge is 2.29. The molecule has 1 aliphatic heterocycles. The highest BCUT2D eigenvalue weighted by atomic mass is 16.5. The monoisotopic (exact) mass is 515 g/mol. The summed E-state index contributed by atoms with van der Waals surface area (Å²) in [4.78, 5) is 33.6. The number of fused-ring (bicyclic) bond motifs is 2. The predicted molar refractivity (Wildman–Crippen MR) is 149 cm³/mol. The fourth-order valence-electron chi connectivity index (χ4n) is 5.89. The summed E-state index contributed by atoms with van der Waals surface area (Å²) < 4.78 is 0. The number of amides is 2. The molecule has 1 aliphatic carbocycles. The van der Waals surface area contributed by atoms with Crippen molar-refractivity contribution in [2.24, 2.45) is 0 Å². The molecule has 3 aromatic rings. The number of para-hydroxylation sites is 1. The standard InChI is InChI=1S/C30H37N5O3/c1-22(36)34-17-14-33(15-18-34)16-19-35(13-12-25-21-31-28-5-3-2-4-26(25)28)29-10-8-24-20-23(6-9-27(24)29)7-11-30(37)32-38/h2-7,9,11,20-21,29,31,38H,8,10,12-19H2,1H3,(H,32,37). The average Bonchev–Trinajstić information content (AvgIpc) is 3.56. The van der Waals surface area contributed by atoms with E-state index >= 15 is 0 Å². The minimum Gasteiger partial charge on any atom is -0.361 e. The molecule has 2 amide bonds. The van der Waals surface area contributed by atoms with Gasteiger partial charge in [0.15, 0.2) is 0 Å². The van der Waals surface area contributed by atoms with E-state index < -0.39 is 5.91 Å². The molecule has 2 aromatic carbocycles. The minimum absolute atomic E-state index is 0.166. The van der Waals surface area contributed by atoms with Gasteiger partial charge in [0.25, 0.3) is 5.91 Å². The zero-order valence-corrected chi connectivity index (χ0v) is 22.0. The Hall–Kier alpha value is -3.46. The number of carbonyl (C=O) groups is 2. The van der Waals surface area contributed by atoms with Gasteiger partial charge in [-0.25, -0.2) is 5.48 Å². The SMILES string of the molecule is CC(=O)N1CCN(CCN(CCc2c[nH]c3ccccc23)C2CCc3cc(C=CC(=O)NO)ccc32)CC1. The highest BCUT2D eigenvalue weighted by molar-refractivity contribution is 5.90. The van der Waals surface area contributed by atoms with Gasteiger partial charge in [-0.15, -0.1) is 0 Å². The number of piperazine rings is 1. The zero-order chi connectivity index (χ0) is 26.5. The van der Waals surface area contributed by atoms with Crippen LogP contribution in [0.15, 0.2) is 54.7 Å². The Balaban J connectivity index is 1.30. The fourth-order valence-corrected chi connectivity index (χ4v) is 5.89. The summed E-state index contributed by atoms with van der Waals surface area (Å²) in [5, 5.41) is 10.0. The molecular formula is C30H37N5O3. The summed E-state index contributed by atoms with van der Waals surface area (Å²) in [5.74, 6) is -0.366. The third kappa shape index (κ3) is 5.99. The predicted octanol–water partition coefficient (Wildman–Crippen LogP) is 3.38. The van der Waals surface area contributed by atoms with Crippen LogP contribution < -0.4 is 5.48 Å². The van der Waals surface area contributed by atoms with Gasteiger partial charge >= 0.3 is 0 Å². The Bertz CT molecular complexity index is 1310. The quantitative estimate of drug-likeness (QED) is 0.231. The number of nitrogens with one attached hydrogen (secondary N) is 2. The number of rotatable bonds is 9. The van der Waals surface area contributed by atoms with Crippen molar-refractivity contribution in [1.82, 2.24) is 25.2 Å². The van der Waals surface area contributed by atoms with Crippen LogP contribution in [-0.2, 0) is 22.4 Å². The summed E-state index contributed by atoms with van der Waals surface area (Å²) in [5.41, 5.74) is 7.82. The Morgan fingerprint density at radius 3 is 2.74 bits per heavy atom. The number of aromatic nitrogens is 1. The lowest BCUT2D eigenvalue weighted by Gasteiger charge is -2.37. The second kappa shape index (κ2) is 11.9.